The number of hydrogen-bond acceptors (Lipinski definition) is 4. The van der Waals surface area contributed by atoms with Crippen molar-refractivity contribution in [3.63, 3.8) is 0 Å². The van der Waals surface area contributed by atoms with E-state index in [4.69, 9.17) is 10.8 Å². The predicted molar refractivity (Wildman–Crippen MR) is 140 cm³/mol. The van der Waals surface area contributed by atoms with Crippen LogP contribution in [0.15, 0.2) is 77.7 Å². The van der Waals surface area contributed by atoms with Crippen molar-refractivity contribution in [1.29, 1.82) is 0 Å². The molecule has 0 saturated heterocycles. The van der Waals surface area contributed by atoms with Gasteiger partial charge in [-0.1, -0.05) is 82.6 Å². The number of nitrogens with two attached hydrogens (primary N) is 1. The molecule has 0 bridgehead atoms. The van der Waals surface area contributed by atoms with Crippen molar-refractivity contribution in [3.8, 4) is 0 Å². The maximum Gasteiger partial charge on any atom is 2.00 e. The molecule has 4 N–H and O–H groups in total. The van der Waals surface area contributed by atoms with Gasteiger partial charge in [-0.15, -0.1) is 0 Å². The van der Waals surface area contributed by atoms with E-state index in [9.17, 15) is 8.42 Å². The van der Waals surface area contributed by atoms with Gasteiger partial charge in [0, 0.05) is 12.8 Å². The van der Waals surface area contributed by atoms with E-state index in [0.717, 1.165) is 12.7 Å². The zero-order valence-corrected chi connectivity index (χ0v) is 25.9. The number of rotatable bonds is 4. The molecule has 0 amide bonds. The minimum absolute atomic E-state index is 0. The van der Waals surface area contributed by atoms with Gasteiger partial charge in [0.15, 0.2) is 0 Å². The number of anilines is 2. The van der Waals surface area contributed by atoms with Crippen LogP contribution in [0, 0.1) is 6.92 Å². The molecule has 0 fully saturated rings. The summed E-state index contributed by atoms with van der Waals surface area (Å²) >= 11 is 0. The van der Waals surface area contributed by atoms with Crippen LogP contribution in [0.5, 0.6) is 0 Å². The van der Waals surface area contributed by atoms with Gasteiger partial charge in [-0.25, -0.2) is 8.42 Å². The number of aliphatic hydroxyl groups is 1. The smallest absolute Gasteiger partial charge is 1.00 e. The van der Waals surface area contributed by atoms with Crippen molar-refractivity contribution in [2.24, 2.45) is 0 Å². The van der Waals surface area contributed by atoms with E-state index in [-0.39, 0.29) is 54.6 Å². The Morgan fingerprint density at radius 3 is 1.78 bits per heavy atom. The normalized spacial score (nSPS) is 10.1. The Balaban J connectivity index is -0.000000621. The van der Waals surface area contributed by atoms with Crippen molar-refractivity contribution >= 4 is 21.4 Å². The van der Waals surface area contributed by atoms with Crippen LogP contribution in [0.1, 0.15) is 57.2 Å². The average Bonchev–Trinajstić information content (AvgIpc) is 2.75. The summed E-state index contributed by atoms with van der Waals surface area (Å²) < 4.78 is 27.2. The van der Waals surface area contributed by atoms with E-state index >= 15 is 0 Å². The molecule has 3 aromatic carbocycles. The van der Waals surface area contributed by atoms with Gasteiger partial charge in [-0.3, -0.25) is 4.72 Å². The molecule has 0 aliphatic carbocycles. The first-order valence-electron chi connectivity index (χ1n) is 10.9. The number of sulfonamides is 1. The van der Waals surface area contributed by atoms with Crippen molar-refractivity contribution in [2.45, 2.75) is 57.8 Å². The van der Waals surface area contributed by atoms with Crippen LogP contribution in [-0.2, 0) is 34.9 Å². The number of benzene rings is 3. The molecule has 5 nitrogen and oxygen atoms in total. The third-order valence-corrected chi connectivity index (χ3v) is 6.31. The third-order valence-electron chi connectivity index (χ3n) is 4.91. The molecule has 0 aliphatic heterocycles. The molecule has 0 radical (unpaired) electrons. The van der Waals surface area contributed by atoms with Crippen LogP contribution in [0.4, 0.5) is 11.4 Å². The molecule has 0 aliphatic rings. The summed E-state index contributed by atoms with van der Waals surface area (Å²) in [6.07, 6.45) is 0. The largest absolute Gasteiger partial charge is 2.00 e. The van der Waals surface area contributed by atoms with Crippen LogP contribution in [0.25, 0.3) is 0 Å². The number of nitrogen functional groups attached to an aromatic ring is 1. The van der Waals surface area contributed by atoms with E-state index in [2.05, 4.69) is 70.5 Å². The molecular weight excluding hydrogens is 604 g/mol. The maximum absolute atomic E-state index is 12.3. The molecular formula is C27H38Cl2N2O3RuS. The van der Waals surface area contributed by atoms with Gasteiger partial charge in [0.1, 0.15) is 0 Å². The number of aliphatic hydroxyl groups excluding tert-OH is 1. The van der Waals surface area contributed by atoms with Crippen LogP contribution < -0.4 is 35.3 Å². The van der Waals surface area contributed by atoms with E-state index in [1.54, 1.807) is 36.4 Å². The second kappa shape index (κ2) is 17.8. The van der Waals surface area contributed by atoms with E-state index in [0.29, 0.717) is 17.3 Å². The SMILES string of the molecule is CC(C)(C)c1ccc(S(=O)(=O)Nc2cccc(N)c2)cc1.CO.Cc1ccc(C(C)C)cc1.[Cl-].[Cl-].[Ru+2]. The van der Waals surface area contributed by atoms with Crippen molar-refractivity contribution in [1.82, 2.24) is 0 Å². The predicted octanol–water partition coefficient (Wildman–Crippen LogP) is 0.0995. The summed E-state index contributed by atoms with van der Waals surface area (Å²) in [5, 5.41) is 7.00. The van der Waals surface area contributed by atoms with Gasteiger partial charge < -0.3 is 35.7 Å². The van der Waals surface area contributed by atoms with E-state index < -0.39 is 10.0 Å². The number of halogens is 2. The van der Waals surface area contributed by atoms with E-state index in [1.807, 2.05) is 12.1 Å². The quantitative estimate of drug-likeness (QED) is 0.278. The zero-order chi connectivity index (χ0) is 25.2. The zero-order valence-electron chi connectivity index (χ0n) is 21.9. The number of nitrogens with one attached hydrogen (secondary N) is 1. The van der Waals surface area contributed by atoms with Crippen LogP contribution in [0.2, 0.25) is 0 Å². The van der Waals surface area contributed by atoms with Crippen molar-refractivity contribution < 1.29 is 57.8 Å². The van der Waals surface area contributed by atoms with Gasteiger partial charge in [-0.2, -0.15) is 0 Å². The fourth-order valence-electron chi connectivity index (χ4n) is 2.90. The minimum atomic E-state index is -3.60. The van der Waals surface area contributed by atoms with Crippen LogP contribution in [-0.4, -0.2) is 20.6 Å². The van der Waals surface area contributed by atoms with Crippen molar-refractivity contribution in [3.05, 3.63) is 89.5 Å². The standard InChI is InChI=1S/C16H20N2O2S.C10H14.CH4O.2ClH.Ru/c1-16(2,3)12-7-9-15(10-8-12)21(19,20)18-14-6-4-5-13(17)11-14;1-8(2)10-6-4-9(3)5-7-10;1-2;;;/h4-11,18H,17H2,1-3H3;4-8H,1-3H3;2H,1H3;2*1H;/q;;;;;+2/p-2. The Labute approximate surface area is 242 Å². The summed E-state index contributed by atoms with van der Waals surface area (Å²) in [6.45, 7) is 12.8. The second-order valence-electron chi connectivity index (χ2n) is 9.07. The second-order valence-corrected chi connectivity index (χ2v) is 10.8. The Bertz CT molecular complexity index is 1100. The first-order chi connectivity index (χ1) is 15.4. The third kappa shape index (κ3) is 13.1. The molecule has 36 heavy (non-hydrogen) atoms. The van der Waals surface area contributed by atoms with Gasteiger partial charge in [0.2, 0.25) is 0 Å². The van der Waals surface area contributed by atoms with Gasteiger partial charge >= 0.3 is 19.5 Å². The Morgan fingerprint density at radius 1 is 0.861 bits per heavy atom. The van der Waals surface area contributed by atoms with Crippen LogP contribution in [0.3, 0.4) is 0 Å². The van der Waals surface area contributed by atoms with Gasteiger partial charge in [0.05, 0.1) is 10.6 Å². The summed E-state index contributed by atoms with van der Waals surface area (Å²) in [4.78, 5) is 0.234. The fourth-order valence-corrected chi connectivity index (χ4v) is 3.95. The van der Waals surface area contributed by atoms with Gasteiger partial charge in [0.25, 0.3) is 10.0 Å². The van der Waals surface area contributed by atoms with Gasteiger partial charge in [-0.05, 0) is 59.7 Å². The van der Waals surface area contributed by atoms with Crippen LogP contribution >= 0.6 is 0 Å². The summed E-state index contributed by atoms with van der Waals surface area (Å²) in [7, 11) is -2.60. The number of hydrogen-bond donors (Lipinski definition) is 3. The molecule has 3 aromatic rings. The Kier molecular flexibility index (Phi) is 19.2. The summed E-state index contributed by atoms with van der Waals surface area (Å²) in [6, 6.07) is 22.3. The molecule has 9 heteroatoms. The molecule has 0 unspecified atom stereocenters. The molecule has 0 heterocycles. The minimum Gasteiger partial charge on any atom is -1.00 e. The Morgan fingerprint density at radius 2 is 1.36 bits per heavy atom. The molecule has 3 rings (SSSR count). The summed E-state index contributed by atoms with van der Waals surface area (Å²) in [5.74, 6) is 0.653. The molecule has 0 atom stereocenters. The monoisotopic (exact) mass is 642 g/mol. The number of aryl methyl sites for hydroxylation is 1. The fraction of sp³-hybridized carbons (Fsp3) is 0.333. The molecule has 0 spiro atoms. The molecule has 0 saturated carbocycles. The first-order valence-corrected chi connectivity index (χ1v) is 12.4. The topological polar surface area (TPSA) is 92.4 Å². The maximum atomic E-state index is 12.3. The molecule has 0 aromatic heterocycles. The van der Waals surface area contributed by atoms with E-state index in [1.165, 1.54) is 11.1 Å². The first kappa shape index (κ1) is 38.9. The van der Waals surface area contributed by atoms with Crippen molar-refractivity contribution in [2.75, 3.05) is 17.6 Å². The average molecular weight is 643 g/mol. The molecule has 202 valence electrons. The summed E-state index contributed by atoms with van der Waals surface area (Å²) in [5.41, 5.74) is 10.5. The Hall–Kier alpha value is -1.63.